The number of primary sulfonamides is 1. The number of nitrogens with zero attached hydrogens (tertiary/aromatic N) is 1. The van der Waals surface area contributed by atoms with Gasteiger partial charge in [0.15, 0.2) is 0 Å². The minimum atomic E-state index is -4.01. The molecule has 1 aromatic carbocycles. The number of nitro groups is 1. The second-order valence-corrected chi connectivity index (χ2v) is 8.16. The van der Waals surface area contributed by atoms with Gasteiger partial charge >= 0.3 is 0 Å². The molecular formula is C15H21N3O4S. The van der Waals surface area contributed by atoms with Crippen molar-refractivity contribution in [2.45, 2.75) is 37.0 Å². The largest absolute Gasteiger partial charge is 0.384 e. The average molecular weight is 339 g/mol. The van der Waals surface area contributed by atoms with Crippen molar-refractivity contribution >= 4 is 21.4 Å². The van der Waals surface area contributed by atoms with Crippen LogP contribution in [0, 0.1) is 27.9 Å². The number of fused-ring (bicyclic) bond motifs is 2. The zero-order valence-corrected chi connectivity index (χ0v) is 13.6. The Bertz CT molecular complexity index is 719. The molecule has 3 N–H and O–H groups in total. The third-order valence-electron chi connectivity index (χ3n) is 5.20. The van der Waals surface area contributed by atoms with Gasteiger partial charge in [0.25, 0.3) is 5.69 Å². The highest BCUT2D eigenvalue weighted by Crippen LogP contribution is 2.49. The highest BCUT2D eigenvalue weighted by Gasteiger charge is 2.38. The van der Waals surface area contributed by atoms with E-state index in [9.17, 15) is 18.5 Å². The maximum Gasteiger partial charge on any atom is 0.270 e. The van der Waals surface area contributed by atoms with Crippen molar-refractivity contribution in [3.8, 4) is 0 Å². The molecular weight excluding hydrogens is 318 g/mol. The third-order valence-corrected chi connectivity index (χ3v) is 6.15. The smallest absolute Gasteiger partial charge is 0.270 e. The van der Waals surface area contributed by atoms with Crippen LogP contribution in [0.2, 0.25) is 0 Å². The molecule has 3 rings (SSSR count). The van der Waals surface area contributed by atoms with Crippen molar-refractivity contribution in [1.82, 2.24) is 0 Å². The maximum atomic E-state index is 11.7. The van der Waals surface area contributed by atoms with Crippen LogP contribution in [0.1, 0.15) is 32.1 Å². The van der Waals surface area contributed by atoms with Crippen LogP contribution in [-0.4, -0.2) is 19.9 Å². The summed E-state index contributed by atoms with van der Waals surface area (Å²) in [6.07, 6.45) is 6.27. The lowest BCUT2D eigenvalue weighted by Gasteiger charge is -2.22. The normalized spacial score (nSPS) is 26.4. The van der Waals surface area contributed by atoms with Gasteiger partial charge in [0.05, 0.1) is 10.6 Å². The van der Waals surface area contributed by atoms with Gasteiger partial charge in [-0.3, -0.25) is 10.1 Å². The lowest BCUT2D eigenvalue weighted by molar-refractivity contribution is -0.385. The molecule has 0 radical (unpaired) electrons. The van der Waals surface area contributed by atoms with E-state index in [0.717, 1.165) is 24.3 Å². The Balaban J connectivity index is 1.68. The molecule has 1 aromatic rings. The number of sulfonamides is 1. The summed E-state index contributed by atoms with van der Waals surface area (Å²) in [4.78, 5) is 9.95. The number of benzene rings is 1. The molecule has 0 amide bonds. The Morgan fingerprint density at radius 2 is 2.09 bits per heavy atom. The van der Waals surface area contributed by atoms with Crippen LogP contribution in [0.5, 0.6) is 0 Å². The van der Waals surface area contributed by atoms with Crippen LogP contribution in [0.15, 0.2) is 23.1 Å². The number of anilines is 1. The Kier molecular flexibility index (Phi) is 4.29. The van der Waals surface area contributed by atoms with Crippen LogP contribution in [-0.2, 0) is 10.0 Å². The quantitative estimate of drug-likeness (QED) is 0.610. The van der Waals surface area contributed by atoms with Gasteiger partial charge in [0.1, 0.15) is 4.90 Å². The van der Waals surface area contributed by atoms with Gasteiger partial charge in [-0.15, -0.1) is 0 Å². The van der Waals surface area contributed by atoms with Crippen LogP contribution in [0.3, 0.4) is 0 Å². The summed E-state index contributed by atoms with van der Waals surface area (Å²) in [5, 5.41) is 19.1. The topological polar surface area (TPSA) is 115 Å². The van der Waals surface area contributed by atoms with E-state index in [1.165, 1.54) is 37.8 Å². The lowest BCUT2D eigenvalue weighted by Crippen LogP contribution is -2.18. The molecule has 0 spiro atoms. The monoisotopic (exact) mass is 339 g/mol. The van der Waals surface area contributed by atoms with Crippen molar-refractivity contribution < 1.29 is 13.3 Å². The van der Waals surface area contributed by atoms with E-state index in [2.05, 4.69) is 5.32 Å². The van der Waals surface area contributed by atoms with Crippen molar-refractivity contribution in [1.29, 1.82) is 0 Å². The summed E-state index contributed by atoms with van der Waals surface area (Å²) in [6.45, 7) is 0.647. The van der Waals surface area contributed by atoms with Gasteiger partial charge in [-0.05, 0) is 49.5 Å². The second-order valence-electron chi connectivity index (χ2n) is 6.63. The molecule has 7 nitrogen and oxygen atoms in total. The first-order valence-electron chi connectivity index (χ1n) is 7.89. The number of hydrogen-bond acceptors (Lipinski definition) is 5. The minimum Gasteiger partial charge on any atom is -0.384 e. The molecule has 2 saturated carbocycles. The summed E-state index contributed by atoms with van der Waals surface area (Å²) >= 11 is 0. The number of nitro benzene ring substituents is 1. The standard InChI is InChI=1S/C15H21N3O4S/c16-23(21,22)15-9-13(18(19)20)3-4-14(15)17-6-5-12-8-10-1-2-11(12)7-10/h3-4,9-12,17H,1-2,5-8H2,(H2,16,21,22)/t10-,11-,12+/m0/s1. The molecule has 2 fully saturated rings. The van der Waals surface area contributed by atoms with Gasteiger partial charge in [0, 0.05) is 18.7 Å². The molecule has 0 saturated heterocycles. The van der Waals surface area contributed by atoms with Gasteiger partial charge in [-0.25, -0.2) is 13.6 Å². The van der Waals surface area contributed by atoms with Crippen LogP contribution in [0.4, 0.5) is 11.4 Å². The van der Waals surface area contributed by atoms with Gasteiger partial charge in [-0.2, -0.15) is 0 Å². The third kappa shape index (κ3) is 3.48. The zero-order chi connectivity index (χ0) is 16.6. The lowest BCUT2D eigenvalue weighted by atomic mass is 9.86. The Morgan fingerprint density at radius 1 is 1.30 bits per heavy atom. The molecule has 2 aliphatic rings. The summed E-state index contributed by atoms with van der Waals surface area (Å²) < 4.78 is 23.3. The first-order chi connectivity index (χ1) is 10.8. The number of rotatable bonds is 6. The van der Waals surface area contributed by atoms with Crippen molar-refractivity contribution in [3.63, 3.8) is 0 Å². The zero-order valence-electron chi connectivity index (χ0n) is 12.8. The molecule has 23 heavy (non-hydrogen) atoms. The van der Waals surface area contributed by atoms with Crippen molar-refractivity contribution in [3.05, 3.63) is 28.3 Å². The average Bonchev–Trinajstić information content (AvgIpc) is 3.09. The molecule has 0 aliphatic heterocycles. The fourth-order valence-corrected chi connectivity index (χ4v) is 4.86. The fraction of sp³-hybridized carbons (Fsp3) is 0.600. The van der Waals surface area contributed by atoms with Crippen LogP contribution in [0.25, 0.3) is 0 Å². The predicted molar refractivity (Wildman–Crippen MR) is 86.5 cm³/mol. The molecule has 0 heterocycles. The Hall–Kier alpha value is -1.67. The minimum absolute atomic E-state index is 0.223. The van der Waals surface area contributed by atoms with Crippen LogP contribution < -0.4 is 10.5 Å². The van der Waals surface area contributed by atoms with Gasteiger partial charge < -0.3 is 5.32 Å². The first kappa shape index (κ1) is 16.2. The molecule has 8 heteroatoms. The van der Waals surface area contributed by atoms with E-state index in [0.29, 0.717) is 18.2 Å². The first-order valence-corrected chi connectivity index (χ1v) is 9.44. The van der Waals surface area contributed by atoms with Crippen LogP contribution >= 0.6 is 0 Å². The van der Waals surface area contributed by atoms with E-state index >= 15 is 0 Å². The fourth-order valence-electron chi connectivity index (χ4n) is 4.13. The van der Waals surface area contributed by atoms with E-state index in [1.54, 1.807) is 0 Å². The molecule has 2 bridgehead atoms. The molecule has 0 unspecified atom stereocenters. The number of nitrogens with two attached hydrogens (primary N) is 1. The van der Waals surface area contributed by atoms with Crippen molar-refractivity contribution in [2.75, 3.05) is 11.9 Å². The number of non-ortho nitro benzene ring substituents is 1. The number of nitrogens with one attached hydrogen (secondary N) is 1. The second kappa shape index (κ2) is 6.09. The summed E-state index contributed by atoms with van der Waals surface area (Å²) in [7, 11) is -4.01. The summed E-state index contributed by atoms with van der Waals surface area (Å²) in [5.74, 6) is 2.40. The van der Waals surface area contributed by atoms with Gasteiger partial charge in [-0.1, -0.05) is 6.42 Å². The van der Waals surface area contributed by atoms with E-state index in [-0.39, 0.29) is 10.6 Å². The SMILES string of the molecule is NS(=O)(=O)c1cc([N+](=O)[O-])ccc1NCC[C@@H]1C[C@H]2CC[C@H]1C2. The Labute approximate surface area is 135 Å². The van der Waals surface area contributed by atoms with Crippen molar-refractivity contribution in [2.24, 2.45) is 22.9 Å². The van der Waals surface area contributed by atoms with E-state index < -0.39 is 14.9 Å². The molecule has 126 valence electrons. The maximum absolute atomic E-state index is 11.7. The highest BCUT2D eigenvalue weighted by atomic mass is 32.2. The van der Waals surface area contributed by atoms with E-state index in [4.69, 9.17) is 5.14 Å². The highest BCUT2D eigenvalue weighted by molar-refractivity contribution is 7.89. The molecule has 2 aliphatic carbocycles. The number of hydrogen-bond donors (Lipinski definition) is 2. The molecule has 3 atom stereocenters. The predicted octanol–water partition coefficient (Wildman–Crippen LogP) is 2.48. The molecule has 0 aromatic heterocycles. The van der Waals surface area contributed by atoms with E-state index in [1.807, 2.05) is 0 Å². The summed E-state index contributed by atoms with van der Waals surface area (Å²) in [5.41, 5.74) is 0.0499. The summed E-state index contributed by atoms with van der Waals surface area (Å²) in [6, 6.07) is 3.71. The Morgan fingerprint density at radius 3 is 2.65 bits per heavy atom. The van der Waals surface area contributed by atoms with Gasteiger partial charge in [0.2, 0.25) is 10.0 Å².